The minimum atomic E-state index is 0.234. The SMILES string of the molecule is CCCCCC=CCC=CCCCCCCCCOCC(CCN(CC)CC)OCCCCCCCCC=CCC=CCCCCC. The van der Waals surface area contributed by atoms with Crippen molar-refractivity contribution in [3.05, 3.63) is 48.6 Å². The molecule has 0 aromatic carbocycles. The number of rotatable bonds is 38. The molecule has 3 nitrogen and oxygen atoms in total. The van der Waals surface area contributed by atoms with E-state index in [9.17, 15) is 0 Å². The summed E-state index contributed by atoms with van der Waals surface area (Å²) in [5, 5.41) is 0. The number of nitrogens with zero attached hydrogens (tertiary/aromatic N) is 1. The Balaban J connectivity index is 3.82. The van der Waals surface area contributed by atoms with Crippen molar-refractivity contribution in [3.8, 4) is 0 Å². The second kappa shape index (κ2) is 41.0. The van der Waals surface area contributed by atoms with Crippen molar-refractivity contribution in [2.75, 3.05) is 39.5 Å². The lowest BCUT2D eigenvalue weighted by Crippen LogP contribution is -2.30. The fourth-order valence-electron chi connectivity index (χ4n) is 5.83. The molecule has 0 aliphatic heterocycles. The number of hydrogen-bond donors (Lipinski definition) is 0. The van der Waals surface area contributed by atoms with Gasteiger partial charge in [-0.1, -0.05) is 153 Å². The zero-order valence-electron chi connectivity index (χ0n) is 32.4. The van der Waals surface area contributed by atoms with Gasteiger partial charge in [-0.25, -0.2) is 0 Å². The van der Waals surface area contributed by atoms with Crippen molar-refractivity contribution >= 4 is 0 Å². The highest BCUT2D eigenvalue weighted by Gasteiger charge is 2.11. The highest BCUT2D eigenvalue weighted by molar-refractivity contribution is 4.93. The van der Waals surface area contributed by atoms with Gasteiger partial charge >= 0.3 is 0 Å². The Morgan fingerprint density at radius 3 is 1.30 bits per heavy atom. The first-order chi connectivity index (χ1) is 23.3. The van der Waals surface area contributed by atoms with E-state index in [0.717, 1.165) is 58.7 Å². The molecule has 276 valence electrons. The van der Waals surface area contributed by atoms with Crippen LogP contribution < -0.4 is 0 Å². The molecule has 0 heterocycles. The van der Waals surface area contributed by atoms with Crippen LogP contribution in [0.25, 0.3) is 0 Å². The summed E-state index contributed by atoms with van der Waals surface area (Å²) >= 11 is 0. The zero-order chi connectivity index (χ0) is 34.1. The first-order valence-electron chi connectivity index (χ1n) is 20.8. The quantitative estimate of drug-likeness (QED) is 0.0487. The summed E-state index contributed by atoms with van der Waals surface area (Å²) in [7, 11) is 0. The minimum absolute atomic E-state index is 0.234. The van der Waals surface area contributed by atoms with E-state index in [1.807, 2.05) is 0 Å². The topological polar surface area (TPSA) is 21.7 Å². The maximum atomic E-state index is 6.36. The molecule has 0 aliphatic rings. The minimum Gasteiger partial charge on any atom is -0.379 e. The van der Waals surface area contributed by atoms with Gasteiger partial charge in [0.2, 0.25) is 0 Å². The number of unbranched alkanes of at least 4 members (excludes halogenated alkanes) is 18. The normalized spacial score (nSPS) is 13.1. The summed E-state index contributed by atoms with van der Waals surface area (Å²) in [6.07, 6.45) is 51.0. The molecule has 1 unspecified atom stereocenters. The summed E-state index contributed by atoms with van der Waals surface area (Å²) in [6.45, 7) is 14.9. The molecule has 0 aliphatic carbocycles. The van der Waals surface area contributed by atoms with E-state index in [-0.39, 0.29) is 6.10 Å². The van der Waals surface area contributed by atoms with Crippen LogP contribution >= 0.6 is 0 Å². The van der Waals surface area contributed by atoms with E-state index in [2.05, 4.69) is 81.2 Å². The fraction of sp³-hybridized carbons (Fsp3) is 0.818. The Kier molecular flexibility index (Phi) is 40.0. The standard InChI is InChI=1S/C44H83NO2/c1-5-9-11-13-15-17-19-21-23-25-27-29-31-33-35-37-41-46-43-44(39-40-45(7-3)8-4)47-42-38-36-34-32-30-28-26-24-22-20-18-16-14-12-10-6-2/h15-18,21-24,44H,5-14,19-20,25-43H2,1-4H3. The van der Waals surface area contributed by atoms with Gasteiger partial charge in [-0.2, -0.15) is 0 Å². The van der Waals surface area contributed by atoms with Crippen LogP contribution in [-0.4, -0.2) is 50.5 Å². The molecule has 0 spiro atoms. The first kappa shape index (κ1) is 45.8. The molecule has 0 saturated carbocycles. The van der Waals surface area contributed by atoms with Crippen molar-refractivity contribution in [2.24, 2.45) is 0 Å². The Morgan fingerprint density at radius 1 is 0.447 bits per heavy atom. The number of ether oxygens (including phenoxy) is 2. The van der Waals surface area contributed by atoms with Crippen LogP contribution in [0.1, 0.15) is 188 Å². The maximum Gasteiger partial charge on any atom is 0.0820 e. The van der Waals surface area contributed by atoms with Gasteiger partial charge < -0.3 is 14.4 Å². The van der Waals surface area contributed by atoms with Crippen LogP contribution in [0.3, 0.4) is 0 Å². The summed E-state index contributed by atoms with van der Waals surface area (Å²) in [5.41, 5.74) is 0. The van der Waals surface area contributed by atoms with Crippen molar-refractivity contribution in [3.63, 3.8) is 0 Å². The monoisotopic (exact) mass is 658 g/mol. The highest BCUT2D eigenvalue weighted by atomic mass is 16.5. The van der Waals surface area contributed by atoms with E-state index in [1.165, 1.54) is 141 Å². The summed E-state index contributed by atoms with van der Waals surface area (Å²) in [4.78, 5) is 2.50. The van der Waals surface area contributed by atoms with Crippen molar-refractivity contribution in [1.29, 1.82) is 0 Å². The van der Waals surface area contributed by atoms with E-state index in [0.29, 0.717) is 0 Å². The molecule has 3 heteroatoms. The zero-order valence-corrected chi connectivity index (χ0v) is 32.4. The van der Waals surface area contributed by atoms with E-state index >= 15 is 0 Å². The second-order valence-corrected chi connectivity index (χ2v) is 13.6. The largest absolute Gasteiger partial charge is 0.379 e. The lowest BCUT2D eigenvalue weighted by Gasteiger charge is -2.23. The Morgan fingerprint density at radius 2 is 0.851 bits per heavy atom. The Hall–Kier alpha value is -1.16. The van der Waals surface area contributed by atoms with Crippen LogP contribution in [0, 0.1) is 0 Å². The van der Waals surface area contributed by atoms with Gasteiger partial charge in [0, 0.05) is 19.8 Å². The lowest BCUT2D eigenvalue weighted by atomic mass is 10.1. The van der Waals surface area contributed by atoms with E-state index in [4.69, 9.17) is 9.47 Å². The van der Waals surface area contributed by atoms with Crippen LogP contribution in [-0.2, 0) is 9.47 Å². The summed E-state index contributed by atoms with van der Waals surface area (Å²) in [6, 6.07) is 0. The van der Waals surface area contributed by atoms with Crippen molar-refractivity contribution < 1.29 is 9.47 Å². The fourth-order valence-corrected chi connectivity index (χ4v) is 5.83. The Bertz CT molecular complexity index is 693. The molecule has 0 rings (SSSR count). The van der Waals surface area contributed by atoms with Gasteiger partial charge in [0.15, 0.2) is 0 Å². The van der Waals surface area contributed by atoms with Crippen LogP contribution in [0.15, 0.2) is 48.6 Å². The molecule has 0 bridgehead atoms. The van der Waals surface area contributed by atoms with Gasteiger partial charge in [0.05, 0.1) is 12.7 Å². The number of hydrogen-bond acceptors (Lipinski definition) is 3. The average Bonchev–Trinajstić information content (AvgIpc) is 3.09. The van der Waals surface area contributed by atoms with Gasteiger partial charge in [-0.15, -0.1) is 0 Å². The van der Waals surface area contributed by atoms with E-state index in [1.54, 1.807) is 0 Å². The molecular weight excluding hydrogens is 574 g/mol. The van der Waals surface area contributed by atoms with Gasteiger partial charge in [-0.05, 0) is 96.6 Å². The molecular formula is C44H83NO2. The second-order valence-electron chi connectivity index (χ2n) is 13.6. The molecule has 0 aromatic rings. The maximum absolute atomic E-state index is 6.36. The van der Waals surface area contributed by atoms with E-state index < -0.39 is 0 Å². The molecule has 0 amide bonds. The third-order valence-electron chi connectivity index (χ3n) is 9.15. The lowest BCUT2D eigenvalue weighted by molar-refractivity contribution is -0.0259. The molecule has 0 radical (unpaired) electrons. The highest BCUT2D eigenvalue weighted by Crippen LogP contribution is 2.12. The van der Waals surface area contributed by atoms with Crippen LogP contribution in [0.2, 0.25) is 0 Å². The van der Waals surface area contributed by atoms with Crippen molar-refractivity contribution in [1.82, 2.24) is 4.90 Å². The summed E-state index contributed by atoms with van der Waals surface area (Å²) < 4.78 is 12.5. The molecule has 0 aromatic heterocycles. The van der Waals surface area contributed by atoms with Crippen LogP contribution in [0.5, 0.6) is 0 Å². The predicted molar refractivity (Wildman–Crippen MR) is 212 cm³/mol. The third-order valence-corrected chi connectivity index (χ3v) is 9.15. The van der Waals surface area contributed by atoms with Crippen LogP contribution in [0.4, 0.5) is 0 Å². The van der Waals surface area contributed by atoms with Gasteiger partial charge in [-0.3, -0.25) is 0 Å². The molecule has 47 heavy (non-hydrogen) atoms. The number of allylic oxidation sites excluding steroid dienone is 8. The summed E-state index contributed by atoms with van der Waals surface area (Å²) in [5.74, 6) is 0. The molecule has 1 atom stereocenters. The molecule has 0 N–H and O–H groups in total. The molecule has 0 saturated heterocycles. The first-order valence-corrected chi connectivity index (χ1v) is 20.8. The predicted octanol–water partition coefficient (Wildman–Crippen LogP) is 13.7. The van der Waals surface area contributed by atoms with Gasteiger partial charge in [0.1, 0.15) is 0 Å². The molecule has 0 fully saturated rings. The van der Waals surface area contributed by atoms with Gasteiger partial charge in [0.25, 0.3) is 0 Å². The average molecular weight is 658 g/mol. The van der Waals surface area contributed by atoms with Crippen molar-refractivity contribution in [2.45, 2.75) is 194 Å². The Labute approximate surface area is 296 Å². The third kappa shape index (κ3) is 37.5. The smallest absolute Gasteiger partial charge is 0.0820 e.